The maximum absolute atomic E-state index is 12.5. The van der Waals surface area contributed by atoms with Gasteiger partial charge in [-0.1, -0.05) is 44.1 Å². The average Bonchev–Trinajstić information content (AvgIpc) is 2.44. The summed E-state index contributed by atoms with van der Waals surface area (Å²) in [6.45, 7) is 4.97. The standard InChI is InChI=1S/C14H17Br2N3OS/c1-9(13(17)21)18-2-4-19(5-3-18)14(20)10-6-11(15)8-12(16)7-10/h6-9H,2-5H2,1H3,(H2,17,21). The predicted molar refractivity (Wildman–Crippen MR) is 95.6 cm³/mol. The summed E-state index contributed by atoms with van der Waals surface area (Å²) in [5.41, 5.74) is 6.37. The summed E-state index contributed by atoms with van der Waals surface area (Å²) in [6, 6.07) is 5.68. The number of carbonyl (C=O) groups excluding carboxylic acids is 1. The minimum absolute atomic E-state index is 0.0552. The molecule has 0 aromatic heterocycles. The normalized spacial score (nSPS) is 17.6. The lowest BCUT2D eigenvalue weighted by molar-refractivity contribution is 0.0621. The van der Waals surface area contributed by atoms with E-state index >= 15 is 0 Å². The lowest BCUT2D eigenvalue weighted by atomic mass is 10.1. The Hall–Kier alpha value is -0.500. The fraction of sp³-hybridized carbons (Fsp3) is 0.429. The highest BCUT2D eigenvalue weighted by molar-refractivity contribution is 9.11. The van der Waals surface area contributed by atoms with Crippen molar-refractivity contribution in [3.8, 4) is 0 Å². The molecule has 1 atom stereocenters. The van der Waals surface area contributed by atoms with Gasteiger partial charge in [0.1, 0.15) is 0 Å². The molecule has 2 N–H and O–H groups in total. The Morgan fingerprint density at radius 1 is 1.19 bits per heavy atom. The number of piperazine rings is 1. The molecule has 0 saturated carbocycles. The molecule has 0 radical (unpaired) electrons. The van der Waals surface area contributed by atoms with Gasteiger partial charge in [-0.05, 0) is 25.1 Å². The minimum Gasteiger partial charge on any atom is -0.392 e. The molecule has 4 nitrogen and oxygen atoms in total. The second kappa shape index (κ2) is 7.17. The Balaban J connectivity index is 2.01. The summed E-state index contributed by atoms with van der Waals surface area (Å²) in [5, 5.41) is 0. The molecule has 114 valence electrons. The van der Waals surface area contributed by atoms with Crippen LogP contribution in [0.5, 0.6) is 0 Å². The third-order valence-corrected chi connectivity index (χ3v) is 4.93. The van der Waals surface area contributed by atoms with Gasteiger partial charge in [-0.2, -0.15) is 0 Å². The lowest BCUT2D eigenvalue weighted by Crippen LogP contribution is -2.53. The van der Waals surface area contributed by atoms with Crippen molar-refractivity contribution in [3.05, 3.63) is 32.7 Å². The predicted octanol–water partition coefficient (Wildman–Crippen LogP) is 2.64. The summed E-state index contributed by atoms with van der Waals surface area (Å²) in [7, 11) is 0. The van der Waals surface area contributed by atoms with Crippen LogP contribution >= 0.6 is 44.1 Å². The van der Waals surface area contributed by atoms with Gasteiger partial charge in [0.05, 0.1) is 11.0 Å². The van der Waals surface area contributed by atoms with Crippen molar-refractivity contribution in [1.82, 2.24) is 9.80 Å². The van der Waals surface area contributed by atoms with E-state index < -0.39 is 0 Å². The van der Waals surface area contributed by atoms with Crippen LogP contribution in [0.25, 0.3) is 0 Å². The minimum atomic E-state index is 0.0552. The first-order valence-corrected chi connectivity index (χ1v) is 8.66. The number of benzene rings is 1. The SMILES string of the molecule is CC(C(N)=S)N1CCN(C(=O)c2cc(Br)cc(Br)c2)CC1. The van der Waals surface area contributed by atoms with E-state index in [-0.39, 0.29) is 11.9 Å². The molecule has 1 saturated heterocycles. The number of rotatable bonds is 3. The van der Waals surface area contributed by atoms with Crippen LogP contribution in [0.4, 0.5) is 0 Å². The molecule has 0 bridgehead atoms. The number of halogens is 2. The second-order valence-corrected chi connectivity index (χ2v) is 7.37. The third-order valence-electron chi connectivity index (χ3n) is 3.67. The van der Waals surface area contributed by atoms with Gasteiger partial charge in [0.25, 0.3) is 5.91 Å². The van der Waals surface area contributed by atoms with Crippen molar-refractivity contribution in [2.45, 2.75) is 13.0 Å². The van der Waals surface area contributed by atoms with Gasteiger partial charge in [0, 0.05) is 40.7 Å². The first kappa shape index (κ1) is 16.9. The Kier molecular flexibility index (Phi) is 5.76. The molecule has 1 aromatic rings. The monoisotopic (exact) mass is 433 g/mol. The van der Waals surface area contributed by atoms with Gasteiger partial charge in [-0.3, -0.25) is 9.69 Å². The second-order valence-electron chi connectivity index (χ2n) is 5.06. The Morgan fingerprint density at radius 3 is 2.19 bits per heavy atom. The van der Waals surface area contributed by atoms with Gasteiger partial charge in [-0.15, -0.1) is 0 Å². The zero-order chi connectivity index (χ0) is 15.6. The van der Waals surface area contributed by atoms with Crippen molar-refractivity contribution in [2.24, 2.45) is 5.73 Å². The molecular weight excluding hydrogens is 418 g/mol. The van der Waals surface area contributed by atoms with Crippen molar-refractivity contribution < 1.29 is 4.79 Å². The fourth-order valence-electron chi connectivity index (χ4n) is 2.35. The number of thiocarbonyl (C=S) groups is 1. The van der Waals surface area contributed by atoms with Crippen LogP contribution in [-0.2, 0) is 0 Å². The van der Waals surface area contributed by atoms with E-state index in [1.807, 2.05) is 30.0 Å². The van der Waals surface area contributed by atoms with Gasteiger partial charge in [0.15, 0.2) is 0 Å². The third kappa shape index (κ3) is 4.25. The number of nitrogens with zero attached hydrogens (tertiary/aromatic N) is 2. The molecule has 2 rings (SSSR count). The summed E-state index contributed by atoms with van der Waals surface area (Å²) >= 11 is 11.9. The summed E-state index contributed by atoms with van der Waals surface area (Å²) in [6.07, 6.45) is 0. The zero-order valence-electron chi connectivity index (χ0n) is 11.7. The lowest BCUT2D eigenvalue weighted by Gasteiger charge is -2.37. The van der Waals surface area contributed by atoms with E-state index in [4.69, 9.17) is 18.0 Å². The van der Waals surface area contributed by atoms with Crippen molar-refractivity contribution in [3.63, 3.8) is 0 Å². The molecule has 1 aliphatic rings. The van der Waals surface area contributed by atoms with Crippen LogP contribution in [-0.4, -0.2) is 52.9 Å². The van der Waals surface area contributed by atoms with Crippen LogP contribution in [0, 0.1) is 0 Å². The maximum atomic E-state index is 12.5. The van der Waals surface area contributed by atoms with E-state index in [1.165, 1.54) is 0 Å². The molecule has 1 fully saturated rings. The molecule has 0 spiro atoms. The van der Waals surface area contributed by atoms with Crippen molar-refractivity contribution in [2.75, 3.05) is 26.2 Å². The molecule has 1 aromatic carbocycles. The molecule has 7 heteroatoms. The van der Waals surface area contributed by atoms with Crippen LogP contribution < -0.4 is 5.73 Å². The highest BCUT2D eigenvalue weighted by Gasteiger charge is 2.25. The first-order valence-electron chi connectivity index (χ1n) is 6.67. The topological polar surface area (TPSA) is 49.6 Å². The Bertz CT molecular complexity index is 539. The molecule has 21 heavy (non-hydrogen) atoms. The fourth-order valence-corrected chi connectivity index (χ4v) is 3.79. The number of amides is 1. The number of hydrogen-bond acceptors (Lipinski definition) is 3. The summed E-state index contributed by atoms with van der Waals surface area (Å²) in [5.74, 6) is 0.0552. The summed E-state index contributed by atoms with van der Waals surface area (Å²) < 4.78 is 1.78. The average molecular weight is 435 g/mol. The van der Waals surface area contributed by atoms with Gasteiger partial charge in [0.2, 0.25) is 0 Å². The van der Waals surface area contributed by atoms with E-state index in [1.54, 1.807) is 0 Å². The van der Waals surface area contributed by atoms with Crippen LogP contribution in [0.3, 0.4) is 0 Å². The van der Waals surface area contributed by atoms with Crippen LogP contribution in [0.1, 0.15) is 17.3 Å². The van der Waals surface area contributed by atoms with E-state index in [9.17, 15) is 4.79 Å². The number of hydrogen-bond donors (Lipinski definition) is 1. The number of carbonyl (C=O) groups is 1. The van der Waals surface area contributed by atoms with Crippen molar-refractivity contribution in [1.29, 1.82) is 0 Å². The van der Waals surface area contributed by atoms with E-state index in [2.05, 4.69) is 36.8 Å². The van der Waals surface area contributed by atoms with Gasteiger partial charge >= 0.3 is 0 Å². The van der Waals surface area contributed by atoms with E-state index in [0.717, 1.165) is 22.0 Å². The van der Waals surface area contributed by atoms with Crippen LogP contribution in [0.15, 0.2) is 27.1 Å². The van der Waals surface area contributed by atoms with Crippen LogP contribution in [0.2, 0.25) is 0 Å². The quantitative estimate of drug-likeness (QED) is 0.743. The maximum Gasteiger partial charge on any atom is 0.254 e. The molecule has 1 amide bonds. The van der Waals surface area contributed by atoms with E-state index in [0.29, 0.717) is 23.6 Å². The summed E-state index contributed by atoms with van der Waals surface area (Å²) in [4.78, 5) is 17.1. The largest absolute Gasteiger partial charge is 0.392 e. The Labute approximate surface area is 146 Å². The zero-order valence-corrected chi connectivity index (χ0v) is 15.7. The molecule has 1 heterocycles. The highest BCUT2D eigenvalue weighted by Crippen LogP contribution is 2.21. The van der Waals surface area contributed by atoms with Gasteiger partial charge < -0.3 is 10.6 Å². The Morgan fingerprint density at radius 2 is 1.71 bits per heavy atom. The molecular formula is C14H17Br2N3OS. The van der Waals surface area contributed by atoms with Gasteiger partial charge in [-0.25, -0.2) is 0 Å². The first-order chi connectivity index (χ1) is 9.88. The molecule has 1 aliphatic heterocycles. The smallest absolute Gasteiger partial charge is 0.254 e. The molecule has 0 aliphatic carbocycles. The molecule has 1 unspecified atom stereocenters. The highest BCUT2D eigenvalue weighted by atomic mass is 79.9. The number of nitrogens with two attached hydrogens (primary N) is 1. The van der Waals surface area contributed by atoms with Crippen molar-refractivity contribution >= 4 is 55.0 Å².